The fraction of sp³-hybridized carbons (Fsp3) is 0.682. The standard InChI is InChI=1S/C22H33NO4/c1-15(2)27-19-11-7-17(8-12-19)23-13-20(22(3,14-23)21(24)25)16-5-9-18(26-4)10-6-16/h5-6,9-10,15,17,19-20H,7-8,11-14H2,1-4H3,(H,24,25)/t17-,19-,20-,22+/m0/s1. The molecule has 5 nitrogen and oxygen atoms in total. The minimum absolute atomic E-state index is 0.00876. The Morgan fingerprint density at radius 2 is 1.81 bits per heavy atom. The van der Waals surface area contributed by atoms with E-state index in [0.717, 1.165) is 43.5 Å². The van der Waals surface area contributed by atoms with E-state index < -0.39 is 11.4 Å². The maximum atomic E-state index is 12.2. The lowest BCUT2D eigenvalue weighted by atomic mass is 9.76. The fourth-order valence-electron chi connectivity index (χ4n) is 4.77. The van der Waals surface area contributed by atoms with Gasteiger partial charge in [0.2, 0.25) is 0 Å². The number of hydrogen-bond acceptors (Lipinski definition) is 4. The Bertz CT molecular complexity index is 636. The third-order valence-electron chi connectivity index (χ3n) is 6.35. The van der Waals surface area contributed by atoms with Crippen LogP contribution in [-0.2, 0) is 9.53 Å². The first-order valence-electron chi connectivity index (χ1n) is 10.1. The van der Waals surface area contributed by atoms with Gasteiger partial charge in [0.25, 0.3) is 0 Å². The van der Waals surface area contributed by atoms with Gasteiger partial charge in [-0.1, -0.05) is 12.1 Å². The molecule has 1 aliphatic heterocycles. The molecule has 27 heavy (non-hydrogen) atoms. The van der Waals surface area contributed by atoms with E-state index in [1.807, 2.05) is 31.2 Å². The summed E-state index contributed by atoms with van der Waals surface area (Å²) in [6.07, 6.45) is 4.93. The normalized spacial score (nSPS) is 32.0. The Labute approximate surface area is 162 Å². The molecule has 2 atom stereocenters. The summed E-state index contributed by atoms with van der Waals surface area (Å²) in [4.78, 5) is 14.6. The molecular weight excluding hydrogens is 342 g/mol. The molecule has 1 aromatic carbocycles. The highest BCUT2D eigenvalue weighted by Crippen LogP contribution is 2.45. The number of aliphatic carboxylic acids is 1. The Balaban J connectivity index is 1.71. The minimum atomic E-state index is -0.764. The number of hydrogen-bond donors (Lipinski definition) is 1. The number of likely N-dealkylation sites (tertiary alicyclic amines) is 1. The van der Waals surface area contributed by atoms with Gasteiger partial charge in [-0.3, -0.25) is 9.69 Å². The predicted octanol–water partition coefficient (Wildman–Crippen LogP) is 3.92. The minimum Gasteiger partial charge on any atom is -0.497 e. The molecule has 1 aliphatic carbocycles. The number of benzene rings is 1. The van der Waals surface area contributed by atoms with Crippen LogP contribution in [0, 0.1) is 5.41 Å². The summed E-state index contributed by atoms with van der Waals surface area (Å²) >= 11 is 0. The summed E-state index contributed by atoms with van der Waals surface area (Å²) < 4.78 is 11.2. The molecule has 0 aromatic heterocycles. The Hall–Kier alpha value is -1.59. The van der Waals surface area contributed by atoms with Gasteiger partial charge in [-0.15, -0.1) is 0 Å². The molecule has 150 valence electrons. The summed E-state index contributed by atoms with van der Waals surface area (Å²) in [7, 11) is 1.65. The molecular formula is C22H33NO4. The molecule has 3 rings (SSSR count). The van der Waals surface area contributed by atoms with Gasteiger partial charge in [0, 0.05) is 25.0 Å². The number of nitrogens with zero attached hydrogens (tertiary/aromatic N) is 1. The van der Waals surface area contributed by atoms with Crippen molar-refractivity contribution < 1.29 is 19.4 Å². The summed E-state index contributed by atoms with van der Waals surface area (Å²) in [6.45, 7) is 7.49. The van der Waals surface area contributed by atoms with Crippen LogP contribution in [0.25, 0.3) is 0 Å². The maximum Gasteiger partial charge on any atom is 0.311 e. The maximum absolute atomic E-state index is 12.2. The third-order valence-corrected chi connectivity index (χ3v) is 6.35. The lowest BCUT2D eigenvalue weighted by molar-refractivity contribution is -0.148. The van der Waals surface area contributed by atoms with Gasteiger partial charge in [0.1, 0.15) is 5.75 Å². The van der Waals surface area contributed by atoms with Crippen molar-refractivity contribution in [2.24, 2.45) is 5.41 Å². The van der Waals surface area contributed by atoms with Crippen LogP contribution in [0.3, 0.4) is 0 Å². The van der Waals surface area contributed by atoms with Gasteiger partial charge in [0.05, 0.1) is 24.7 Å². The molecule has 0 spiro atoms. The summed E-state index contributed by atoms with van der Waals surface area (Å²) in [6, 6.07) is 8.34. The van der Waals surface area contributed by atoms with Crippen molar-refractivity contribution >= 4 is 5.97 Å². The largest absolute Gasteiger partial charge is 0.497 e. The molecule has 1 saturated heterocycles. The lowest BCUT2D eigenvalue weighted by Crippen LogP contribution is -2.41. The van der Waals surface area contributed by atoms with Crippen molar-refractivity contribution in [1.82, 2.24) is 4.90 Å². The van der Waals surface area contributed by atoms with Gasteiger partial charge < -0.3 is 14.6 Å². The molecule has 5 heteroatoms. The smallest absolute Gasteiger partial charge is 0.311 e. The quantitative estimate of drug-likeness (QED) is 0.817. The Morgan fingerprint density at radius 1 is 1.19 bits per heavy atom. The van der Waals surface area contributed by atoms with Crippen molar-refractivity contribution in [1.29, 1.82) is 0 Å². The Kier molecular flexibility index (Phi) is 6.11. The van der Waals surface area contributed by atoms with E-state index in [9.17, 15) is 9.90 Å². The second-order valence-corrected chi connectivity index (χ2v) is 8.59. The van der Waals surface area contributed by atoms with Gasteiger partial charge >= 0.3 is 5.97 Å². The van der Waals surface area contributed by atoms with Crippen molar-refractivity contribution in [3.8, 4) is 5.75 Å². The average molecular weight is 376 g/mol. The molecule has 2 fully saturated rings. The number of carboxylic acid groups (broad SMARTS) is 1. The highest BCUT2D eigenvalue weighted by molar-refractivity contribution is 5.76. The number of ether oxygens (including phenoxy) is 2. The second-order valence-electron chi connectivity index (χ2n) is 8.59. The molecule has 1 aromatic rings. The number of rotatable bonds is 6. The Morgan fingerprint density at radius 3 is 2.33 bits per heavy atom. The first-order valence-corrected chi connectivity index (χ1v) is 10.1. The highest BCUT2D eigenvalue weighted by Gasteiger charge is 2.51. The van der Waals surface area contributed by atoms with E-state index in [1.54, 1.807) is 7.11 Å². The van der Waals surface area contributed by atoms with Crippen LogP contribution in [0.2, 0.25) is 0 Å². The molecule has 0 radical (unpaired) electrons. The first kappa shape index (κ1) is 20.2. The zero-order chi connectivity index (χ0) is 19.6. The molecule has 0 bridgehead atoms. The lowest BCUT2D eigenvalue weighted by Gasteiger charge is -2.35. The second kappa shape index (κ2) is 8.19. The van der Waals surface area contributed by atoms with E-state index >= 15 is 0 Å². The van der Waals surface area contributed by atoms with E-state index in [1.165, 1.54) is 0 Å². The van der Waals surface area contributed by atoms with Crippen LogP contribution in [0.1, 0.15) is 57.9 Å². The van der Waals surface area contributed by atoms with Crippen LogP contribution in [0.15, 0.2) is 24.3 Å². The topological polar surface area (TPSA) is 59.0 Å². The monoisotopic (exact) mass is 375 g/mol. The third kappa shape index (κ3) is 4.30. The summed E-state index contributed by atoms with van der Waals surface area (Å²) in [5, 5.41) is 9.99. The van der Waals surface area contributed by atoms with Gasteiger partial charge in [0.15, 0.2) is 0 Å². The highest BCUT2D eigenvalue weighted by atomic mass is 16.5. The average Bonchev–Trinajstić information content (AvgIpc) is 3.01. The van der Waals surface area contributed by atoms with Gasteiger partial charge in [-0.25, -0.2) is 0 Å². The molecule has 2 aliphatic rings. The van der Waals surface area contributed by atoms with Crippen molar-refractivity contribution in [3.63, 3.8) is 0 Å². The molecule has 1 heterocycles. The number of carbonyl (C=O) groups is 1. The van der Waals surface area contributed by atoms with Crippen molar-refractivity contribution in [3.05, 3.63) is 29.8 Å². The molecule has 0 unspecified atom stereocenters. The van der Waals surface area contributed by atoms with Gasteiger partial charge in [-0.05, 0) is 64.2 Å². The summed E-state index contributed by atoms with van der Waals surface area (Å²) in [5.41, 5.74) is 0.319. The number of carboxylic acids is 1. The van der Waals surface area contributed by atoms with Crippen LogP contribution >= 0.6 is 0 Å². The molecule has 0 amide bonds. The van der Waals surface area contributed by atoms with Crippen molar-refractivity contribution in [2.45, 2.75) is 70.6 Å². The molecule has 1 N–H and O–H groups in total. The van der Waals surface area contributed by atoms with E-state index in [-0.39, 0.29) is 12.0 Å². The molecule has 1 saturated carbocycles. The van der Waals surface area contributed by atoms with Crippen LogP contribution in [0.4, 0.5) is 0 Å². The van der Waals surface area contributed by atoms with Crippen LogP contribution in [0.5, 0.6) is 5.75 Å². The van der Waals surface area contributed by atoms with E-state index in [4.69, 9.17) is 9.47 Å². The van der Waals surface area contributed by atoms with Crippen molar-refractivity contribution in [2.75, 3.05) is 20.2 Å². The van der Waals surface area contributed by atoms with Gasteiger partial charge in [-0.2, -0.15) is 0 Å². The number of methoxy groups -OCH3 is 1. The fourth-order valence-corrected chi connectivity index (χ4v) is 4.77. The first-order chi connectivity index (χ1) is 12.8. The van der Waals surface area contributed by atoms with E-state index in [2.05, 4.69) is 18.7 Å². The SMILES string of the molecule is COc1ccc([C@@H]2CN([C@H]3CC[C@H](OC(C)C)CC3)C[C@@]2(C)C(=O)O)cc1. The van der Waals surface area contributed by atoms with Crippen LogP contribution in [-0.4, -0.2) is 54.4 Å². The zero-order valence-electron chi connectivity index (χ0n) is 17.0. The predicted molar refractivity (Wildman–Crippen MR) is 105 cm³/mol. The van der Waals surface area contributed by atoms with E-state index in [0.29, 0.717) is 18.7 Å². The van der Waals surface area contributed by atoms with Crippen LogP contribution < -0.4 is 4.74 Å². The zero-order valence-corrected chi connectivity index (χ0v) is 17.0. The summed E-state index contributed by atoms with van der Waals surface area (Å²) in [5.74, 6) is 0.0855.